The van der Waals surface area contributed by atoms with E-state index in [4.69, 9.17) is 0 Å². The number of rotatable bonds is 4. The van der Waals surface area contributed by atoms with Crippen LogP contribution in [0.2, 0.25) is 0 Å². The highest BCUT2D eigenvalue weighted by atomic mass is 32.2. The van der Waals surface area contributed by atoms with Gasteiger partial charge in [-0.1, -0.05) is 6.92 Å². The molecule has 0 atom stereocenters. The van der Waals surface area contributed by atoms with Gasteiger partial charge in [-0.3, -0.25) is 0 Å². The van der Waals surface area contributed by atoms with Crippen LogP contribution < -0.4 is 0 Å². The van der Waals surface area contributed by atoms with E-state index in [1.807, 2.05) is 0 Å². The summed E-state index contributed by atoms with van der Waals surface area (Å²) in [5.74, 6) is 0.0417. The number of nitrogens with zero attached hydrogens (tertiary/aromatic N) is 7. The zero-order valence-electron chi connectivity index (χ0n) is 14.7. The highest BCUT2D eigenvalue weighted by molar-refractivity contribution is 7.91. The molecule has 29 heavy (non-hydrogen) atoms. The van der Waals surface area contributed by atoms with E-state index in [1.54, 1.807) is 0 Å². The van der Waals surface area contributed by atoms with Crippen molar-refractivity contribution in [2.75, 3.05) is 5.75 Å². The summed E-state index contributed by atoms with van der Waals surface area (Å²) < 4.78 is 64.7. The number of alkyl halides is 3. The Morgan fingerprint density at radius 2 is 1.79 bits per heavy atom. The minimum absolute atomic E-state index is 0.0149. The fourth-order valence-corrected chi connectivity index (χ4v) is 3.65. The molecule has 0 spiro atoms. The molecule has 0 N–H and O–H groups in total. The van der Waals surface area contributed by atoms with Crippen molar-refractivity contribution in [1.82, 2.24) is 34.6 Å². The van der Waals surface area contributed by atoms with Crippen LogP contribution in [0, 0.1) is 0 Å². The molecule has 0 aliphatic heterocycles. The van der Waals surface area contributed by atoms with E-state index in [0.717, 1.165) is 10.6 Å². The fourth-order valence-electron chi connectivity index (χ4n) is 2.62. The molecule has 4 aromatic heterocycles. The molecule has 4 rings (SSSR count). The highest BCUT2D eigenvalue weighted by Crippen LogP contribution is 2.30. The van der Waals surface area contributed by atoms with Crippen LogP contribution in [0.5, 0.6) is 0 Å². The quantitative estimate of drug-likeness (QED) is 0.495. The SMILES string of the molecule is CCS(=O)(=O)c1ccc(-n2nccn2)nc1-c1ccn2nc(C(F)(F)F)cc2n1. The molecule has 9 nitrogen and oxygen atoms in total. The lowest BCUT2D eigenvalue weighted by Gasteiger charge is -2.10. The predicted octanol–water partition coefficient (Wildman–Crippen LogP) is 2.18. The molecule has 150 valence electrons. The van der Waals surface area contributed by atoms with Crippen molar-refractivity contribution in [2.24, 2.45) is 0 Å². The Bertz CT molecular complexity index is 1300. The van der Waals surface area contributed by atoms with E-state index in [0.29, 0.717) is 0 Å². The summed E-state index contributed by atoms with van der Waals surface area (Å²) in [5.41, 5.74) is -1.14. The lowest BCUT2D eigenvalue weighted by Crippen LogP contribution is -2.10. The van der Waals surface area contributed by atoms with Crippen molar-refractivity contribution >= 4 is 15.5 Å². The summed E-state index contributed by atoms with van der Waals surface area (Å²) in [7, 11) is -3.69. The van der Waals surface area contributed by atoms with Crippen LogP contribution in [0.15, 0.2) is 47.8 Å². The molecule has 0 saturated carbocycles. The zero-order chi connectivity index (χ0) is 20.8. The van der Waals surface area contributed by atoms with Gasteiger partial charge in [0.2, 0.25) is 0 Å². The highest BCUT2D eigenvalue weighted by Gasteiger charge is 2.34. The van der Waals surface area contributed by atoms with Gasteiger partial charge < -0.3 is 0 Å². The molecule has 0 bridgehead atoms. The first kappa shape index (κ1) is 19.0. The van der Waals surface area contributed by atoms with Crippen LogP contribution in [-0.2, 0) is 16.0 Å². The first-order valence-corrected chi connectivity index (χ1v) is 9.89. The largest absolute Gasteiger partial charge is 0.435 e. The van der Waals surface area contributed by atoms with Gasteiger partial charge in [-0.05, 0) is 18.2 Å². The third-order valence-electron chi connectivity index (χ3n) is 4.04. The predicted molar refractivity (Wildman–Crippen MR) is 93.9 cm³/mol. The van der Waals surface area contributed by atoms with Crippen LogP contribution in [0.25, 0.3) is 22.9 Å². The molecule has 0 radical (unpaired) electrons. The van der Waals surface area contributed by atoms with E-state index in [9.17, 15) is 21.6 Å². The summed E-state index contributed by atoms with van der Waals surface area (Å²) in [4.78, 5) is 9.53. The van der Waals surface area contributed by atoms with Gasteiger partial charge in [-0.15, -0.1) is 4.80 Å². The van der Waals surface area contributed by atoms with Crippen molar-refractivity contribution < 1.29 is 21.6 Å². The summed E-state index contributed by atoms with van der Waals surface area (Å²) in [6.07, 6.45) is -0.523. The number of aromatic nitrogens is 7. The molecule has 0 aliphatic carbocycles. The lowest BCUT2D eigenvalue weighted by molar-refractivity contribution is -0.141. The Morgan fingerprint density at radius 3 is 2.45 bits per heavy atom. The number of hydrogen-bond donors (Lipinski definition) is 0. The number of pyridine rings is 1. The monoisotopic (exact) mass is 423 g/mol. The molecule has 0 unspecified atom stereocenters. The van der Waals surface area contributed by atoms with Crippen LogP contribution in [0.3, 0.4) is 0 Å². The maximum Gasteiger partial charge on any atom is 0.435 e. The first-order chi connectivity index (χ1) is 13.7. The standard InChI is InChI=1S/C16H12F3N7O2S/c1-2-29(27,28)11-3-4-13(26-20-6-7-21-26)23-15(11)10-5-8-25-14(22-10)9-12(24-25)16(17,18)19/h3-9H,2H2,1H3. The number of halogens is 3. The second-order valence-electron chi connectivity index (χ2n) is 5.88. The Balaban J connectivity index is 1.93. The maximum atomic E-state index is 12.9. The van der Waals surface area contributed by atoms with Crippen LogP contribution >= 0.6 is 0 Å². The van der Waals surface area contributed by atoms with Crippen LogP contribution in [0.4, 0.5) is 13.2 Å². The van der Waals surface area contributed by atoms with E-state index >= 15 is 0 Å². The second kappa shape index (κ2) is 6.62. The van der Waals surface area contributed by atoms with Gasteiger partial charge >= 0.3 is 6.18 Å². The molecular formula is C16H12F3N7O2S. The second-order valence-corrected chi connectivity index (χ2v) is 8.13. The average molecular weight is 423 g/mol. The Kier molecular flexibility index (Phi) is 4.33. The molecular weight excluding hydrogens is 411 g/mol. The van der Waals surface area contributed by atoms with Crippen LogP contribution in [-0.4, -0.2) is 48.7 Å². The number of hydrogen-bond acceptors (Lipinski definition) is 7. The van der Waals surface area contributed by atoms with E-state index in [-0.39, 0.29) is 33.5 Å². The van der Waals surface area contributed by atoms with Crippen molar-refractivity contribution in [1.29, 1.82) is 0 Å². The Hall–Kier alpha value is -3.35. The third-order valence-corrected chi connectivity index (χ3v) is 5.80. The molecule has 0 saturated heterocycles. The minimum Gasteiger partial charge on any atom is -0.227 e. The summed E-state index contributed by atoms with van der Waals surface area (Å²) in [5, 5.41) is 11.3. The first-order valence-electron chi connectivity index (χ1n) is 8.23. The number of sulfone groups is 1. The lowest BCUT2D eigenvalue weighted by atomic mass is 10.2. The normalized spacial score (nSPS) is 12.6. The topological polar surface area (TPSA) is 108 Å². The van der Waals surface area contributed by atoms with Crippen LogP contribution in [0.1, 0.15) is 12.6 Å². The molecule has 0 fully saturated rings. The van der Waals surface area contributed by atoms with Gasteiger partial charge in [0, 0.05) is 12.3 Å². The fraction of sp³-hybridized carbons (Fsp3) is 0.188. The van der Waals surface area contributed by atoms with Gasteiger partial charge in [0.05, 0.1) is 28.7 Å². The van der Waals surface area contributed by atoms with Crippen molar-refractivity contribution in [3.63, 3.8) is 0 Å². The molecule has 4 aromatic rings. The molecule has 0 amide bonds. The van der Waals surface area contributed by atoms with Crippen molar-refractivity contribution in [2.45, 2.75) is 18.0 Å². The Labute approximate surface area is 161 Å². The van der Waals surface area contributed by atoms with Gasteiger partial charge in [-0.25, -0.2) is 22.9 Å². The number of fused-ring (bicyclic) bond motifs is 1. The van der Waals surface area contributed by atoms with E-state index in [1.165, 1.54) is 48.5 Å². The molecule has 4 heterocycles. The van der Waals surface area contributed by atoms with Gasteiger partial charge in [0.1, 0.15) is 5.69 Å². The smallest absolute Gasteiger partial charge is 0.227 e. The molecule has 13 heteroatoms. The summed E-state index contributed by atoms with van der Waals surface area (Å²) >= 11 is 0. The van der Waals surface area contributed by atoms with Gasteiger partial charge in [0.15, 0.2) is 27.0 Å². The molecule has 0 aliphatic rings. The van der Waals surface area contributed by atoms with Crippen molar-refractivity contribution in [3.05, 3.63) is 48.5 Å². The van der Waals surface area contributed by atoms with Gasteiger partial charge in [0.25, 0.3) is 0 Å². The summed E-state index contributed by atoms with van der Waals surface area (Å²) in [6.45, 7) is 1.48. The van der Waals surface area contributed by atoms with Gasteiger partial charge in [-0.2, -0.15) is 28.5 Å². The van der Waals surface area contributed by atoms with E-state index < -0.39 is 21.7 Å². The maximum absolute atomic E-state index is 12.9. The minimum atomic E-state index is -4.63. The Morgan fingerprint density at radius 1 is 1.07 bits per heavy atom. The van der Waals surface area contributed by atoms with E-state index in [2.05, 4.69) is 25.3 Å². The zero-order valence-corrected chi connectivity index (χ0v) is 15.6. The third kappa shape index (κ3) is 3.44. The average Bonchev–Trinajstić information content (AvgIpc) is 3.36. The molecule has 0 aromatic carbocycles. The van der Waals surface area contributed by atoms with Crippen molar-refractivity contribution in [3.8, 4) is 17.2 Å². The summed E-state index contributed by atoms with van der Waals surface area (Å²) in [6, 6.07) is 4.91.